The van der Waals surface area contributed by atoms with Crippen LogP contribution in [0.1, 0.15) is 44.9 Å². The topological polar surface area (TPSA) is 78.9 Å². The fourth-order valence-electron chi connectivity index (χ4n) is 2.78. The molecule has 1 amide bonds. The van der Waals surface area contributed by atoms with Gasteiger partial charge in [0.15, 0.2) is 5.84 Å². The summed E-state index contributed by atoms with van der Waals surface area (Å²) in [6.07, 6.45) is 6.95. The van der Waals surface area contributed by atoms with Crippen LogP contribution in [0.15, 0.2) is 5.16 Å². The van der Waals surface area contributed by atoms with Crippen molar-refractivity contribution < 1.29 is 10.0 Å². The van der Waals surface area contributed by atoms with E-state index in [4.69, 9.17) is 10.9 Å². The van der Waals surface area contributed by atoms with Gasteiger partial charge in [-0.2, -0.15) is 0 Å². The van der Waals surface area contributed by atoms with Gasteiger partial charge in [-0.3, -0.25) is 4.79 Å². The SMILES string of the molecule is NC(=NO)C1(C(=O)N2CCCCCC2)CCC1. The number of nitrogens with zero attached hydrogens (tertiary/aromatic N) is 2. The summed E-state index contributed by atoms with van der Waals surface area (Å²) in [7, 11) is 0. The lowest BCUT2D eigenvalue weighted by Crippen LogP contribution is -2.55. The van der Waals surface area contributed by atoms with Crippen LogP contribution in [0.2, 0.25) is 0 Å². The van der Waals surface area contributed by atoms with Crippen LogP contribution >= 0.6 is 0 Å². The molecule has 96 valence electrons. The van der Waals surface area contributed by atoms with E-state index in [-0.39, 0.29) is 11.7 Å². The third kappa shape index (κ3) is 2.10. The zero-order valence-corrected chi connectivity index (χ0v) is 10.2. The van der Waals surface area contributed by atoms with Crippen LogP contribution in [0.5, 0.6) is 0 Å². The highest BCUT2D eigenvalue weighted by atomic mass is 16.4. The van der Waals surface area contributed by atoms with E-state index in [0.717, 1.165) is 45.2 Å². The molecule has 3 N–H and O–H groups in total. The van der Waals surface area contributed by atoms with Gasteiger partial charge < -0.3 is 15.8 Å². The lowest BCUT2D eigenvalue weighted by Gasteiger charge is -2.42. The lowest BCUT2D eigenvalue weighted by atomic mass is 9.67. The van der Waals surface area contributed by atoms with Crippen LogP contribution in [-0.4, -0.2) is 34.9 Å². The molecule has 0 radical (unpaired) electrons. The lowest BCUT2D eigenvalue weighted by molar-refractivity contribution is -0.142. The molecule has 2 rings (SSSR count). The van der Waals surface area contributed by atoms with Crippen molar-refractivity contribution in [1.29, 1.82) is 0 Å². The van der Waals surface area contributed by atoms with Crippen LogP contribution < -0.4 is 5.73 Å². The minimum absolute atomic E-state index is 0.0703. The van der Waals surface area contributed by atoms with E-state index in [1.807, 2.05) is 4.90 Å². The van der Waals surface area contributed by atoms with E-state index in [1.54, 1.807) is 0 Å². The summed E-state index contributed by atoms with van der Waals surface area (Å²) in [5.41, 5.74) is 5.02. The molecule has 0 aromatic rings. The molecule has 1 saturated heterocycles. The average molecular weight is 239 g/mol. The van der Waals surface area contributed by atoms with Gasteiger partial charge in [-0.15, -0.1) is 0 Å². The molecule has 2 fully saturated rings. The predicted molar refractivity (Wildman–Crippen MR) is 64.7 cm³/mol. The molecular formula is C12H21N3O2. The quantitative estimate of drug-likeness (QED) is 0.330. The summed E-state index contributed by atoms with van der Waals surface area (Å²) in [6.45, 7) is 1.64. The molecule has 1 heterocycles. The molecule has 17 heavy (non-hydrogen) atoms. The van der Waals surface area contributed by atoms with Crippen molar-refractivity contribution in [3.8, 4) is 0 Å². The number of amides is 1. The van der Waals surface area contributed by atoms with Gasteiger partial charge in [-0.25, -0.2) is 0 Å². The van der Waals surface area contributed by atoms with Gasteiger partial charge in [0.05, 0.1) is 0 Å². The molecule has 0 aromatic carbocycles. The van der Waals surface area contributed by atoms with Crippen LogP contribution in [0.4, 0.5) is 0 Å². The average Bonchev–Trinajstić information content (AvgIpc) is 2.55. The first-order valence-electron chi connectivity index (χ1n) is 6.48. The number of hydrogen-bond acceptors (Lipinski definition) is 3. The summed E-state index contributed by atoms with van der Waals surface area (Å²) in [5.74, 6) is 0.166. The zero-order chi connectivity index (χ0) is 12.3. The van der Waals surface area contributed by atoms with Gasteiger partial charge in [0.25, 0.3) is 0 Å². The number of rotatable bonds is 2. The first kappa shape index (κ1) is 12.2. The number of amidine groups is 1. The van der Waals surface area contributed by atoms with E-state index in [0.29, 0.717) is 0 Å². The maximum Gasteiger partial charge on any atom is 0.236 e. The molecule has 2 aliphatic rings. The third-order valence-corrected chi connectivity index (χ3v) is 4.11. The van der Waals surface area contributed by atoms with E-state index < -0.39 is 5.41 Å². The van der Waals surface area contributed by atoms with Crippen LogP contribution in [0.25, 0.3) is 0 Å². The van der Waals surface area contributed by atoms with Crippen molar-refractivity contribution in [1.82, 2.24) is 4.90 Å². The Balaban J connectivity index is 2.11. The van der Waals surface area contributed by atoms with Gasteiger partial charge in [-0.1, -0.05) is 24.4 Å². The van der Waals surface area contributed by atoms with E-state index in [2.05, 4.69) is 5.16 Å². The minimum Gasteiger partial charge on any atom is -0.409 e. The molecule has 0 bridgehead atoms. The number of carbonyl (C=O) groups excluding carboxylic acids is 1. The number of oxime groups is 1. The maximum atomic E-state index is 12.5. The monoisotopic (exact) mass is 239 g/mol. The normalized spacial score (nSPS) is 24.9. The van der Waals surface area contributed by atoms with Gasteiger partial charge in [0.1, 0.15) is 5.41 Å². The molecule has 5 nitrogen and oxygen atoms in total. The van der Waals surface area contributed by atoms with Gasteiger partial charge in [0, 0.05) is 13.1 Å². The Kier molecular flexibility index (Phi) is 3.54. The standard InChI is InChI=1S/C12H21N3O2/c13-10(14-17)12(6-5-7-12)11(16)15-8-3-1-2-4-9-15/h17H,1-9H2,(H2,13,14). The van der Waals surface area contributed by atoms with Crippen molar-refractivity contribution >= 4 is 11.7 Å². The largest absolute Gasteiger partial charge is 0.409 e. The molecular weight excluding hydrogens is 218 g/mol. The van der Waals surface area contributed by atoms with Gasteiger partial charge in [0.2, 0.25) is 5.91 Å². The Morgan fingerprint density at radius 3 is 2.12 bits per heavy atom. The second-order valence-corrected chi connectivity index (χ2v) is 5.13. The first-order chi connectivity index (χ1) is 8.20. The number of likely N-dealkylation sites (tertiary alicyclic amines) is 1. The Morgan fingerprint density at radius 2 is 1.71 bits per heavy atom. The fourth-order valence-corrected chi connectivity index (χ4v) is 2.78. The molecule has 0 unspecified atom stereocenters. The summed E-state index contributed by atoms with van der Waals surface area (Å²) in [6, 6.07) is 0. The molecule has 1 saturated carbocycles. The van der Waals surface area contributed by atoms with Gasteiger partial charge in [-0.05, 0) is 25.7 Å². The molecule has 0 atom stereocenters. The Labute approximate surface area is 102 Å². The minimum atomic E-state index is -0.695. The van der Waals surface area contributed by atoms with E-state index >= 15 is 0 Å². The smallest absolute Gasteiger partial charge is 0.236 e. The number of carbonyl (C=O) groups is 1. The number of hydrogen-bond donors (Lipinski definition) is 2. The highest BCUT2D eigenvalue weighted by Crippen LogP contribution is 2.43. The van der Waals surface area contributed by atoms with E-state index in [9.17, 15) is 4.79 Å². The predicted octanol–water partition coefficient (Wildman–Crippen LogP) is 1.31. The summed E-state index contributed by atoms with van der Waals surface area (Å²) in [4.78, 5) is 14.4. The fraction of sp³-hybridized carbons (Fsp3) is 0.833. The molecule has 1 aliphatic carbocycles. The Morgan fingerprint density at radius 1 is 1.12 bits per heavy atom. The van der Waals surface area contributed by atoms with Crippen molar-refractivity contribution in [2.24, 2.45) is 16.3 Å². The number of nitrogens with two attached hydrogens (primary N) is 1. The summed E-state index contributed by atoms with van der Waals surface area (Å²) < 4.78 is 0. The molecule has 5 heteroatoms. The maximum absolute atomic E-state index is 12.5. The second kappa shape index (κ2) is 4.94. The molecule has 0 spiro atoms. The van der Waals surface area contributed by atoms with Crippen molar-refractivity contribution in [2.45, 2.75) is 44.9 Å². The highest BCUT2D eigenvalue weighted by Gasteiger charge is 2.50. The molecule has 1 aliphatic heterocycles. The van der Waals surface area contributed by atoms with Crippen LogP contribution in [0, 0.1) is 5.41 Å². The van der Waals surface area contributed by atoms with Crippen molar-refractivity contribution in [3.63, 3.8) is 0 Å². The first-order valence-corrected chi connectivity index (χ1v) is 6.48. The zero-order valence-electron chi connectivity index (χ0n) is 10.2. The molecule has 0 aromatic heterocycles. The van der Waals surface area contributed by atoms with Crippen molar-refractivity contribution in [3.05, 3.63) is 0 Å². The van der Waals surface area contributed by atoms with Crippen molar-refractivity contribution in [2.75, 3.05) is 13.1 Å². The highest BCUT2D eigenvalue weighted by molar-refractivity contribution is 6.07. The Bertz CT molecular complexity index is 316. The summed E-state index contributed by atoms with van der Waals surface area (Å²) >= 11 is 0. The van der Waals surface area contributed by atoms with Gasteiger partial charge >= 0.3 is 0 Å². The Hall–Kier alpha value is -1.26. The third-order valence-electron chi connectivity index (χ3n) is 4.11. The summed E-state index contributed by atoms with van der Waals surface area (Å²) in [5, 5.41) is 11.9. The van der Waals surface area contributed by atoms with E-state index in [1.165, 1.54) is 12.8 Å². The second-order valence-electron chi connectivity index (χ2n) is 5.13. The van der Waals surface area contributed by atoms with Crippen LogP contribution in [0.3, 0.4) is 0 Å². The van der Waals surface area contributed by atoms with Crippen LogP contribution in [-0.2, 0) is 4.79 Å².